The van der Waals surface area contributed by atoms with E-state index in [1.54, 1.807) is 6.92 Å². The van der Waals surface area contributed by atoms with E-state index < -0.39 is 0 Å². The Bertz CT molecular complexity index is 179. The highest BCUT2D eigenvalue weighted by molar-refractivity contribution is 5.85. The molecule has 84 valence electrons. The van der Waals surface area contributed by atoms with E-state index in [1.807, 2.05) is 4.90 Å². The number of nitrogens with two attached hydrogens (primary N) is 2. The van der Waals surface area contributed by atoms with Gasteiger partial charge in [0.1, 0.15) is 0 Å². The topological polar surface area (TPSA) is 72.4 Å². The fourth-order valence-corrected chi connectivity index (χ4v) is 1.68. The van der Waals surface area contributed by atoms with Gasteiger partial charge in [-0.2, -0.15) is 0 Å². The standard InChI is InChI=1S/C9H19N3O.ClH/c1-7(11)9(13)12-4-2-8(6-10)3-5-12;/h7-8H,2-6,10-11H2,1H3;1H. The lowest BCUT2D eigenvalue weighted by Crippen LogP contribution is -2.46. The lowest BCUT2D eigenvalue weighted by molar-refractivity contribution is -0.133. The maximum Gasteiger partial charge on any atom is 0.239 e. The van der Waals surface area contributed by atoms with Gasteiger partial charge in [-0.25, -0.2) is 0 Å². The zero-order valence-corrected chi connectivity index (χ0v) is 9.43. The Morgan fingerprint density at radius 2 is 2.00 bits per heavy atom. The largest absolute Gasteiger partial charge is 0.341 e. The van der Waals surface area contributed by atoms with Crippen LogP contribution in [0.5, 0.6) is 0 Å². The highest BCUT2D eigenvalue weighted by Gasteiger charge is 2.23. The molecule has 0 aliphatic carbocycles. The molecule has 1 heterocycles. The first kappa shape index (κ1) is 13.7. The Hall–Kier alpha value is -0.320. The zero-order chi connectivity index (χ0) is 9.84. The molecule has 0 aromatic carbocycles. The third-order valence-corrected chi connectivity index (χ3v) is 2.65. The third-order valence-electron chi connectivity index (χ3n) is 2.65. The second-order valence-electron chi connectivity index (χ2n) is 3.79. The number of carbonyl (C=O) groups excluding carboxylic acids is 1. The van der Waals surface area contributed by atoms with Gasteiger partial charge < -0.3 is 16.4 Å². The number of nitrogens with zero attached hydrogens (tertiary/aromatic N) is 1. The maximum atomic E-state index is 11.5. The minimum atomic E-state index is -0.366. The summed E-state index contributed by atoms with van der Waals surface area (Å²) in [5.74, 6) is 0.660. The van der Waals surface area contributed by atoms with Gasteiger partial charge >= 0.3 is 0 Å². The van der Waals surface area contributed by atoms with Crippen molar-refractivity contribution in [2.24, 2.45) is 17.4 Å². The summed E-state index contributed by atoms with van der Waals surface area (Å²) in [4.78, 5) is 13.3. The van der Waals surface area contributed by atoms with Crippen LogP contribution in [0, 0.1) is 5.92 Å². The van der Waals surface area contributed by atoms with E-state index in [0.29, 0.717) is 5.92 Å². The molecule has 1 unspecified atom stereocenters. The second-order valence-corrected chi connectivity index (χ2v) is 3.79. The predicted molar refractivity (Wildman–Crippen MR) is 59.3 cm³/mol. The molecule has 14 heavy (non-hydrogen) atoms. The van der Waals surface area contributed by atoms with Crippen molar-refractivity contribution in [3.63, 3.8) is 0 Å². The van der Waals surface area contributed by atoms with Crippen molar-refractivity contribution in [1.82, 2.24) is 4.90 Å². The van der Waals surface area contributed by atoms with Crippen LogP contribution in [-0.4, -0.2) is 36.5 Å². The Kier molecular flexibility index (Phi) is 6.08. The maximum absolute atomic E-state index is 11.5. The molecule has 5 heteroatoms. The first-order chi connectivity index (χ1) is 6.15. The van der Waals surface area contributed by atoms with E-state index >= 15 is 0 Å². The third kappa shape index (κ3) is 3.44. The molecule has 1 aliphatic rings. The van der Waals surface area contributed by atoms with Crippen LogP contribution in [0.1, 0.15) is 19.8 Å². The molecule has 1 atom stereocenters. The highest BCUT2D eigenvalue weighted by Crippen LogP contribution is 2.15. The molecule has 1 aliphatic heterocycles. The van der Waals surface area contributed by atoms with Gasteiger partial charge in [-0.05, 0) is 32.2 Å². The smallest absolute Gasteiger partial charge is 0.239 e. The molecule has 0 aromatic rings. The number of halogens is 1. The van der Waals surface area contributed by atoms with Gasteiger partial charge in [-0.1, -0.05) is 0 Å². The van der Waals surface area contributed by atoms with Gasteiger partial charge in [0.15, 0.2) is 0 Å². The molecule has 1 fully saturated rings. The van der Waals surface area contributed by atoms with E-state index in [0.717, 1.165) is 32.5 Å². The van der Waals surface area contributed by atoms with Gasteiger partial charge in [0.05, 0.1) is 6.04 Å². The van der Waals surface area contributed by atoms with Crippen LogP contribution >= 0.6 is 12.4 Å². The normalized spacial score (nSPS) is 20.1. The predicted octanol–water partition coefficient (Wildman–Crippen LogP) is -0.0473. The van der Waals surface area contributed by atoms with Crippen LogP contribution in [0.4, 0.5) is 0 Å². The van der Waals surface area contributed by atoms with E-state index in [4.69, 9.17) is 11.5 Å². The SMILES string of the molecule is CC(N)C(=O)N1CCC(CN)CC1.Cl. The van der Waals surface area contributed by atoms with Crippen molar-refractivity contribution in [1.29, 1.82) is 0 Å². The quantitative estimate of drug-likeness (QED) is 0.687. The van der Waals surface area contributed by atoms with Crippen LogP contribution in [0.25, 0.3) is 0 Å². The summed E-state index contributed by atoms with van der Waals surface area (Å²) in [5.41, 5.74) is 11.1. The van der Waals surface area contributed by atoms with Crippen molar-refractivity contribution in [2.75, 3.05) is 19.6 Å². The van der Waals surface area contributed by atoms with E-state index in [-0.39, 0.29) is 24.4 Å². The van der Waals surface area contributed by atoms with Gasteiger partial charge in [-0.3, -0.25) is 4.79 Å². The summed E-state index contributed by atoms with van der Waals surface area (Å²) in [6.45, 7) is 4.11. The van der Waals surface area contributed by atoms with Crippen LogP contribution in [0.15, 0.2) is 0 Å². The number of amides is 1. The Balaban J connectivity index is 0.00000169. The fourth-order valence-electron chi connectivity index (χ4n) is 1.68. The first-order valence-electron chi connectivity index (χ1n) is 4.89. The molecule has 0 spiro atoms. The van der Waals surface area contributed by atoms with Crippen molar-refractivity contribution in [2.45, 2.75) is 25.8 Å². The number of rotatable bonds is 2. The van der Waals surface area contributed by atoms with E-state index in [9.17, 15) is 4.79 Å². The Morgan fingerprint density at radius 1 is 1.50 bits per heavy atom. The van der Waals surface area contributed by atoms with Gasteiger partial charge in [0.25, 0.3) is 0 Å². The number of carbonyl (C=O) groups is 1. The second kappa shape index (κ2) is 6.22. The van der Waals surface area contributed by atoms with Crippen molar-refractivity contribution < 1.29 is 4.79 Å². The lowest BCUT2D eigenvalue weighted by Gasteiger charge is -2.32. The molecule has 1 saturated heterocycles. The monoisotopic (exact) mass is 221 g/mol. The van der Waals surface area contributed by atoms with Crippen LogP contribution in [0.2, 0.25) is 0 Å². The summed E-state index contributed by atoms with van der Waals surface area (Å²) in [6.07, 6.45) is 2.05. The van der Waals surface area contributed by atoms with E-state index in [2.05, 4.69) is 0 Å². The average molecular weight is 222 g/mol. The summed E-state index contributed by atoms with van der Waals surface area (Å²) in [7, 11) is 0. The summed E-state index contributed by atoms with van der Waals surface area (Å²) >= 11 is 0. The van der Waals surface area contributed by atoms with Crippen molar-refractivity contribution in [3.05, 3.63) is 0 Å². The van der Waals surface area contributed by atoms with Gasteiger partial charge in [-0.15, -0.1) is 12.4 Å². The lowest BCUT2D eigenvalue weighted by atomic mass is 9.97. The van der Waals surface area contributed by atoms with Gasteiger partial charge in [0, 0.05) is 13.1 Å². The molecule has 4 nitrogen and oxygen atoms in total. The molecule has 0 radical (unpaired) electrons. The summed E-state index contributed by atoms with van der Waals surface area (Å²) < 4.78 is 0. The minimum absolute atomic E-state index is 0. The van der Waals surface area contributed by atoms with Crippen LogP contribution < -0.4 is 11.5 Å². The highest BCUT2D eigenvalue weighted by atomic mass is 35.5. The molecule has 0 saturated carbocycles. The number of piperidine rings is 1. The molecule has 4 N–H and O–H groups in total. The number of likely N-dealkylation sites (tertiary alicyclic amines) is 1. The van der Waals surface area contributed by atoms with Crippen molar-refractivity contribution in [3.8, 4) is 0 Å². The number of hydrogen-bond donors (Lipinski definition) is 2. The molecular formula is C9H20ClN3O. The number of hydrogen-bond acceptors (Lipinski definition) is 3. The van der Waals surface area contributed by atoms with Gasteiger partial charge in [0.2, 0.25) is 5.91 Å². The first-order valence-corrected chi connectivity index (χ1v) is 4.89. The van der Waals surface area contributed by atoms with Crippen molar-refractivity contribution >= 4 is 18.3 Å². The summed E-state index contributed by atoms with van der Waals surface area (Å²) in [6, 6.07) is -0.366. The Morgan fingerprint density at radius 3 is 2.36 bits per heavy atom. The molecule has 0 bridgehead atoms. The Labute approximate surface area is 91.4 Å². The fraction of sp³-hybridized carbons (Fsp3) is 0.889. The van der Waals surface area contributed by atoms with Crippen LogP contribution in [0.3, 0.4) is 0 Å². The molecule has 0 aromatic heterocycles. The van der Waals surface area contributed by atoms with Crippen LogP contribution in [-0.2, 0) is 4.79 Å². The molecular weight excluding hydrogens is 202 g/mol. The zero-order valence-electron chi connectivity index (χ0n) is 8.61. The average Bonchev–Trinajstić information content (AvgIpc) is 2.17. The molecule has 1 rings (SSSR count). The minimum Gasteiger partial charge on any atom is -0.341 e. The molecule has 1 amide bonds. The summed E-state index contributed by atoms with van der Waals surface area (Å²) in [5, 5.41) is 0. The van der Waals surface area contributed by atoms with E-state index in [1.165, 1.54) is 0 Å².